The number of rotatable bonds is 6. The van der Waals surface area contributed by atoms with Crippen LogP contribution in [0.4, 0.5) is 17.1 Å². The quantitative estimate of drug-likeness (QED) is 0.290. The lowest BCUT2D eigenvalue weighted by Crippen LogP contribution is -2.32. The Balaban J connectivity index is 1.52. The number of carbonyl (C=O) groups excluding carboxylic acids is 3. The average molecular weight is 533 g/mol. The summed E-state index contributed by atoms with van der Waals surface area (Å²) in [5, 5.41) is 15.6. The molecule has 3 aromatic carbocycles. The molecule has 0 aromatic heterocycles. The van der Waals surface area contributed by atoms with Crippen molar-refractivity contribution in [2.24, 2.45) is 0 Å². The number of hydrogen-bond acceptors (Lipinski definition) is 6. The fourth-order valence-corrected chi connectivity index (χ4v) is 3.87. The van der Waals surface area contributed by atoms with Crippen molar-refractivity contribution in [1.82, 2.24) is 0 Å². The van der Waals surface area contributed by atoms with E-state index in [-0.39, 0.29) is 39.2 Å². The fourth-order valence-electron chi connectivity index (χ4n) is 3.32. The molecular weight excluding hydrogens is 517 g/mol. The number of phenols is 1. The molecular formula is C24H16Cl3N3O5. The third-order valence-corrected chi connectivity index (χ3v) is 5.85. The van der Waals surface area contributed by atoms with Crippen molar-refractivity contribution < 1.29 is 24.2 Å². The maximum Gasteiger partial charge on any atom is 0.283 e. The molecule has 8 nitrogen and oxygen atoms in total. The number of anilines is 3. The van der Waals surface area contributed by atoms with Crippen LogP contribution in [0.5, 0.6) is 11.5 Å². The third-order valence-electron chi connectivity index (χ3n) is 5.03. The molecule has 0 bridgehead atoms. The van der Waals surface area contributed by atoms with Crippen LogP contribution in [0, 0.1) is 0 Å². The number of benzene rings is 3. The molecule has 1 aliphatic rings. The summed E-state index contributed by atoms with van der Waals surface area (Å²) in [5.74, 6) is -1.79. The summed E-state index contributed by atoms with van der Waals surface area (Å²) >= 11 is 18.1. The van der Waals surface area contributed by atoms with Crippen molar-refractivity contribution in [2.45, 2.75) is 0 Å². The number of amides is 3. The lowest BCUT2D eigenvalue weighted by molar-refractivity contribution is -0.120. The van der Waals surface area contributed by atoms with Crippen LogP contribution >= 0.6 is 34.8 Å². The first-order chi connectivity index (χ1) is 16.7. The first kappa shape index (κ1) is 24.4. The lowest BCUT2D eigenvalue weighted by atomic mass is 10.1. The molecule has 1 heterocycles. The Kier molecular flexibility index (Phi) is 6.88. The van der Waals surface area contributed by atoms with E-state index >= 15 is 0 Å². The van der Waals surface area contributed by atoms with Gasteiger partial charge in [0.15, 0.2) is 0 Å². The summed E-state index contributed by atoms with van der Waals surface area (Å²) in [6.45, 7) is 0. The molecule has 0 unspecified atom stereocenters. The van der Waals surface area contributed by atoms with Gasteiger partial charge in [0, 0.05) is 21.3 Å². The molecule has 3 aromatic rings. The Morgan fingerprint density at radius 1 is 0.914 bits per heavy atom. The van der Waals surface area contributed by atoms with E-state index < -0.39 is 17.7 Å². The van der Waals surface area contributed by atoms with E-state index in [0.717, 1.165) is 4.90 Å². The summed E-state index contributed by atoms with van der Waals surface area (Å²) in [7, 11) is 1.40. The van der Waals surface area contributed by atoms with Gasteiger partial charge in [-0.25, -0.2) is 4.90 Å². The first-order valence-electron chi connectivity index (χ1n) is 9.98. The van der Waals surface area contributed by atoms with Gasteiger partial charge >= 0.3 is 0 Å². The van der Waals surface area contributed by atoms with Crippen LogP contribution in [-0.2, 0) is 9.59 Å². The number of halogens is 3. The number of methoxy groups -OCH3 is 1. The number of phenolic OH excluding ortho intramolecular Hbond substituents is 1. The van der Waals surface area contributed by atoms with Crippen molar-refractivity contribution in [1.29, 1.82) is 0 Å². The minimum Gasteiger partial charge on any atom is -0.506 e. The summed E-state index contributed by atoms with van der Waals surface area (Å²) in [6, 6.07) is 14.8. The predicted molar refractivity (Wildman–Crippen MR) is 135 cm³/mol. The van der Waals surface area contributed by atoms with E-state index in [9.17, 15) is 19.5 Å². The maximum atomic E-state index is 13.1. The zero-order chi connectivity index (χ0) is 25.3. The second kappa shape index (κ2) is 9.87. The number of carbonyl (C=O) groups is 3. The summed E-state index contributed by atoms with van der Waals surface area (Å²) in [4.78, 5) is 39.2. The fraction of sp³-hybridized carbons (Fsp3) is 0.0417. The molecule has 3 N–H and O–H groups in total. The van der Waals surface area contributed by atoms with E-state index in [2.05, 4.69) is 10.6 Å². The lowest BCUT2D eigenvalue weighted by Gasteiger charge is -2.18. The minimum atomic E-state index is -0.739. The number of imide groups is 1. The normalized spacial score (nSPS) is 13.3. The maximum absolute atomic E-state index is 13.1. The van der Waals surface area contributed by atoms with Gasteiger partial charge in [-0.2, -0.15) is 0 Å². The highest BCUT2D eigenvalue weighted by Gasteiger charge is 2.40. The van der Waals surface area contributed by atoms with Crippen LogP contribution in [0.15, 0.2) is 71.4 Å². The Morgan fingerprint density at radius 3 is 2.26 bits per heavy atom. The molecule has 11 heteroatoms. The molecule has 4 rings (SSSR count). The molecule has 0 aliphatic carbocycles. The van der Waals surface area contributed by atoms with E-state index in [1.165, 1.54) is 61.7 Å². The van der Waals surface area contributed by atoms with Crippen LogP contribution in [-0.4, -0.2) is 29.9 Å². The summed E-state index contributed by atoms with van der Waals surface area (Å²) in [5.41, 5.74) is 0.852. The SMILES string of the molecule is COc1ccc(Cl)cc1N1C(=O)C(Cl)=C(Nc2ccc(C(=O)Nc3cc(Cl)ccc3O)cc2)C1=O. The Labute approximate surface area is 214 Å². The van der Waals surface area contributed by atoms with Crippen molar-refractivity contribution in [3.05, 3.63) is 87.0 Å². The van der Waals surface area contributed by atoms with Gasteiger partial charge in [0.1, 0.15) is 22.2 Å². The molecule has 178 valence electrons. The number of ether oxygens (including phenoxy) is 1. The molecule has 1 aliphatic heterocycles. The van der Waals surface area contributed by atoms with Crippen molar-refractivity contribution in [2.75, 3.05) is 22.6 Å². The number of aromatic hydroxyl groups is 1. The van der Waals surface area contributed by atoms with Gasteiger partial charge < -0.3 is 20.5 Å². The average Bonchev–Trinajstić information content (AvgIpc) is 3.04. The first-order valence-corrected chi connectivity index (χ1v) is 11.1. The van der Waals surface area contributed by atoms with Crippen LogP contribution < -0.4 is 20.3 Å². The molecule has 0 saturated carbocycles. The highest BCUT2D eigenvalue weighted by atomic mass is 35.5. The molecule has 0 fully saturated rings. The van der Waals surface area contributed by atoms with Gasteiger partial charge in [0.2, 0.25) is 0 Å². The van der Waals surface area contributed by atoms with Crippen molar-refractivity contribution in [3.63, 3.8) is 0 Å². The van der Waals surface area contributed by atoms with Crippen molar-refractivity contribution in [3.8, 4) is 11.5 Å². The Morgan fingerprint density at radius 2 is 1.57 bits per heavy atom. The van der Waals surface area contributed by atoms with Gasteiger partial charge in [-0.1, -0.05) is 34.8 Å². The summed E-state index contributed by atoms with van der Waals surface area (Å²) in [6.07, 6.45) is 0. The second-order valence-corrected chi connectivity index (χ2v) is 8.52. The highest BCUT2D eigenvalue weighted by molar-refractivity contribution is 6.53. The van der Waals surface area contributed by atoms with Crippen LogP contribution in [0.1, 0.15) is 10.4 Å². The van der Waals surface area contributed by atoms with Crippen LogP contribution in [0.25, 0.3) is 0 Å². The molecule has 35 heavy (non-hydrogen) atoms. The smallest absolute Gasteiger partial charge is 0.283 e. The highest BCUT2D eigenvalue weighted by Crippen LogP contribution is 2.37. The molecule has 0 atom stereocenters. The minimum absolute atomic E-state index is 0.132. The predicted octanol–water partition coefficient (Wildman–Crippen LogP) is 5.40. The largest absolute Gasteiger partial charge is 0.506 e. The van der Waals surface area contributed by atoms with E-state index in [0.29, 0.717) is 15.7 Å². The number of hydrogen-bond donors (Lipinski definition) is 3. The second-order valence-electron chi connectivity index (χ2n) is 7.27. The zero-order valence-corrected chi connectivity index (χ0v) is 20.2. The van der Waals surface area contributed by atoms with E-state index in [1.807, 2.05) is 0 Å². The monoisotopic (exact) mass is 531 g/mol. The molecule has 0 spiro atoms. The van der Waals surface area contributed by atoms with Gasteiger partial charge in [0.05, 0.1) is 18.5 Å². The number of nitrogens with one attached hydrogen (secondary N) is 2. The standard InChI is InChI=1S/C24H16Cl3N3O5/c1-35-19-9-5-14(26)11-17(19)30-23(33)20(27)21(24(30)34)28-15-6-2-12(3-7-15)22(32)29-16-10-13(25)4-8-18(16)31/h2-11,28,31H,1H3,(H,29,32). The van der Waals surface area contributed by atoms with Crippen LogP contribution in [0.2, 0.25) is 10.0 Å². The van der Waals surface area contributed by atoms with E-state index in [1.54, 1.807) is 6.07 Å². The van der Waals surface area contributed by atoms with E-state index in [4.69, 9.17) is 39.5 Å². The Hall–Kier alpha value is -3.72. The van der Waals surface area contributed by atoms with Gasteiger partial charge in [0.25, 0.3) is 17.7 Å². The molecule has 3 amide bonds. The van der Waals surface area contributed by atoms with Crippen LogP contribution in [0.3, 0.4) is 0 Å². The molecule has 0 saturated heterocycles. The topological polar surface area (TPSA) is 108 Å². The van der Waals surface area contributed by atoms with Gasteiger partial charge in [-0.15, -0.1) is 0 Å². The zero-order valence-electron chi connectivity index (χ0n) is 17.9. The van der Waals surface area contributed by atoms with Gasteiger partial charge in [-0.3, -0.25) is 14.4 Å². The Bertz CT molecular complexity index is 1390. The van der Waals surface area contributed by atoms with Gasteiger partial charge in [-0.05, 0) is 60.7 Å². The van der Waals surface area contributed by atoms with Crippen molar-refractivity contribution >= 4 is 69.6 Å². The summed E-state index contributed by atoms with van der Waals surface area (Å²) < 4.78 is 5.24. The third kappa shape index (κ3) is 4.90. The number of nitrogens with zero attached hydrogens (tertiary/aromatic N) is 1. The molecule has 0 radical (unpaired) electrons.